The van der Waals surface area contributed by atoms with E-state index < -0.39 is 0 Å². The van der Waals surface area contributed by atoms with Crippen LogP contribution < -0.4 is 4.74 Å². The van der Waals surface area contributed by atoms with Gasteiger partial charge in [0.1, 0.15) is 5.75 Å². The molecule has 0 N–H and O–H groups in total. The predicted molar refractivity (Wildman–Crippen MR) is 56.9 cm³/mol. The first-order valence-corrected chi connectivity index (χ1v) is 5.09. The maximum atomic E-state index is 5.12. The van der Waals surface area contributed by atoms with Crippen molar-refractivity contribution in [3.63, 3.8) is 0 Å². The van der Waals surface area contributed by atoms with E-state index in [4.69, 9.17) is 4.74 Å². The van der Waals surface area contributed by atoms with Gasteiger partial charge in [-0.3, -0.25) is 4.90 Å². The van der Waals surface area contributed by atoms with Gasteiger partial charge in [0.15, 0.2) is 0 Å². The molecule has 1 aliphatic rings. The standard InChI is InChI=1S/C12H16NO/c1-14-12-6-4-11(5-7-12)10-13-8-2-3-9-13/h4-8H,2-3,9-10H2,1H3. The van der Waals surface area contributed by atoms with Gasteiger partial charge in [0.2, 0.25) is 0 Å². The number of likely N-dealkylation sites (tertiary alicyclic amines) is 1. The SMILES string of the molecule is COc1ccc(CN2[CH]CCC2)cc1. The Bertz CT molecular complexity index is 275. The number of ether oxygens (including phenoxy) is 1. The quantitative estimate of drug-likeness (QED) is 0.726. The minimum absolute atomic E-state index is 0.930. The second-order valence-corrected chi connectivity index (χ2v) is 3.64. The maximum Gasteiger partial charge on any atom is 0.118 e. The molecule has 2 nitrogen and oxygen atoms in total. The molecule has 1 aromatic rings. The van der Waals surface area contributed by atoms with Crippen molar-refractivity contribution in [2.75, 3.05) is 13.7 Å². The van der Waals surface area contributed by atoms with Gasteiger partial charge in [-0.1, -0.05) is 12.1 Å². The summed E-state index contributed by atoms with van der Waals surface area (Å²) in [6, 6.07) is 8.30. The molecule has 0 spiro atoms. The second kappa shape index (κ2) is 4.47. The fourth-order valence-electron chi connectivity index (χ4n) is 1.77. The third-order valence-corrected chi connectivity index (χ3v) is 2.58. The highest BCUT2D eigenvalue weighted by molar-refractivity contribution is 5.27. The van der Waals surface area contributed by atoms with Crippen molar-refractivity contribution in [3.05, 3.63) is 36.4 Å². The number of benzene rings is 1. The van der Waals surface area contributed by atoms with Crippen LogP contribution in [0, 0.1) is 6.54 Å². The molecule has 0 atom stereocenters. The van der Waals surface area contributed by atoms with Crippen LogP contribution >= 0.6 is 0 Å². The van der Waals surface area contributed by atoms with Crippen molar-refractivity contribution < 1.29 is 4.74 Å². The molecule has 1 aliphatic heterocycles. The molecule has 14 heavy (non-hydrogen) atoms. The summed E-state index contributed by atoms with van der Waals surface area (Å²) in [6.07, 6.45) is 2.53. The lowest BCUT2D eigenvalue weighted by Crippen LogP contribution is -2.14. The summed E-state index contributed by atoms with van der Waals surface area (Å²) in [5.41, 5.74) is 1.35. The highest BCUT2D eigenvalue weighted by Gasteiger charge is 2.11. The third kappa shape index (κ3) is 2.26. The van der Waals surface area contributed by atoms with Crippen LogP contribution in [-0.4, -0.2) is 18.6 Å². The molecule has 2 rings (SSSR count). The van der Waals surface area contributed by atoms with Gasteiger partial charge in [-0.05, 0) is 37.1 Å². The van der Waals surface area contributed by atoms with Gasteiger partial charge in [0, 0.05) is 13.1 Å². The largest absolute Gasteiger partial charge is 0.497 e. The van der Waals surface area contributed by atoms with Crippen LogP contribution in [0.25, 0.3) is 0 Å². The Labute approximate surface area is 85.5 Å². The fourth-order valence-corrected chi connectivity index (χ4v) is 1.77. The number of nitrogens with zero attached hydrogens (tertiary/aromatic N) is 1. The van der Waals surface area contributed by atoms with Crippen LogP contribution in [0.4, 0.5) is 0 Å². The van der Waals surface area contributed by atoms with E-state index in [-0.39, 0.29) is 0 Å². The van der Waals surface area contributed by atoms with E-state index in [2.05, 4.69) is 23.6 Å². The average Bonchev–Trinajstić information content (AvgIpc) is 2.72. The molecular formula is C12H16NO. The van der Waals surface area contributed by atoms with E-state index in [1.165, 1.54) is 24.9 Å². The fraction of sp³-hybridized carbons (Fsp3) is 0.417. The number of rotatable bonds is 3. The van der Waals surface area contributed by atoms with Gasteiger partial charge >= 0.3 is 0 Å². The van der Waals surface area contributed by atoms with E-state index in [0.717, 1.165) is 12.3 Å². The van der Waals surface area contributed by atoms with Crippen molar-refractivity contribution in [2.24, 2.45) is 0 Å². The van der Waals surface area contributed by atoms with Gasteiger partial charge in [-0.25, -0.2) is 0 Å². The number of methoxy groups -OCH3 is 1. The monoisotopic (exact) mass is 190 g/mol. The number of hydrogen-bond donors (Lipinski definition) is 0. The third-order valence-electron chi connectivity index (χ3n) is 2.58. The Hall–Kier alpha value is -1.02. The van der Waals surface area contributed by atoms with Crippen LogP contribution in [0.2, 0.25) is 0 Å². The van der Waals surface area contributed by atoms with E-state index in [0.29, 0.717) is 0 Å². The van der Waals surface area contributed by atoms with Crippen molar-refractivity contribution in [2.45, 2.75) is 19.4 Å². The zero-order chi connectivity index (χ0) is 9.80. The minimum atomic E-state index is 0.930. The summed E-state index contributed by atoms with van der Waals surface area (Å²) in [4.78, 5) is 2.38. The Morgan fingerprint density at radius 2 is 2.07 bits per heavy atom. The molecule has 75 valence electrons. The summed E-state index contributed by atoms with van der Waals surface area (Å²) in [5, 5.41) is 0. The first-order valence-electron chi connectivity index (χ1n) is 5.09. The summed E-state index contributed by atoms with van der Waals surface area (Å²) < 4.78 is 5.12. The summed E-state index contributed by atoms with van der Waals surface area (Å²) in [7, 11) is 1.70. The van der Waals surface area contributed by atoms with Crippen molar-refractivity contribution in [1.82, 2.24) is 4.90 Å². The van der Waals surface area contributed by atoms with Gasteiger partial charge in [0.25, 0.3) is 0 Å². The molecule has 0 amide bonds. The average molecular weight is 190 g/mol. The molecule has 2 heteroatoms. The molecule has 1 fully saturated rings. The lowest BCUT2D eigenvalue weighted by Gasteiger charge is -2.13. The zero-order valence-electron chi connectivity index (χ0n) is 8.57. The molecule has 0 saturated carbocycles. The summed E-state index contributed by atoms with van der Waals surface area (Å²) in [6.45, 7) is 4.53. The molecular weight excluding hydrogens is 174 g/mol. The molecule has 0 unspecified atom stereocenters. The zero-order valence-corrected chi connectivity index (χ0v) is 8.57. The molecule has 1 radical (unpaired) electrons. The number of hydrogen-bond acceptors (Lipinski definition) is 2. The first kappa shape index (κ1) is 9.53. The smallest absolute Gasteiger partial charge is 0.118 e. The lowest BCUT2D eigenvalue weighted by atomic mass is 10.2. The predicted octanol–water partition coefficient (Wildman–Crippen LogP) is 2.45. The van der Waals surface area contributed by atoms with Crippen LogP contribution in [-0.2, 0) is 6.54 Å². The highest BCUT2D eigenvalue weighted by atomic mass is 16.5. The van der Waals surface area contributed by atoms with Crippen LogP contribution in [0.15, 0.2) is 24.3 Å². The van der Waals surface area contributed by atoms with Gasteiger partial charge in [0.05, 0.1) is 7.11 Å². The second-order valence-electron chi connectivity index (χ2n) is 3.64. The van der Waals surface area contributed by atoms with Crippen LogP contribution in [0.3, 0.4) is 0 Å². The highest BCUT2D eigenvalue weighted by Crippen LogP contribution is 2.17. The first-order chi connectivity index (χ1) is 6.88. The lowest BCUT2D eigenvalue weighted by molar-refractivity contribution is 0.378. The molecule has 0 aliphatic carbocycles. The molecule has 1 aromatic carbocycles. The Morgan fingerprint density at radius 3 is 2.64 bits per heavy atom. The summed E-state index contributed by atoms with van der Waals surface area (Å²) >= 11 is 0. The molecule has 0 bridgehead atoms. The van der Waals surface area contributed by atoms with Crippen LogP contribution in [0.1, 0.15) is 18.4 Å². The normalized spacial score (nSPS) is 17.2. The maximum absolute atomic E-state index is 5.12. The topological polar surface area (TPSA) is 12.5 Å². The minimum Gasteiger partial charge on any atom is -0.497 e. The van der Waals surface area contributed by atoms with E-state index in [1.54, 1.807) is 7.11 Å². The van der Waals surface area contributed by atoms with E-state index >= 15 is 0 Å². The Morgan fingerprint density at radius 1 is 1.29 bits per heavy atom. The molecule has 1 saturated heterocycles. The Kier molecular flexibility index (Phi) is 3.04. The van der Waals surface area contributed by atoms with Gasteiger partial charge in [-0.2, -0.15) is 0 Å². The van der Waals surface area contributed by atoms with E-state index in [1.807, 2.05) is 12.1 Å². The summed E-state index contributed by atoms with van der Waals surface area (Å²) in [5.74, 6) is 0.930. The van der Waals surface area contributed by atoms with Crippen molar-refractivity contribution in [3.8, 4) is 5.75 Å². The van der Waals surface area contributed by atoms with Crippen LogP contribution in [0.5, 0.6) is 5.75 Å². The Balaban J connectivity index is 1.95. The van der Waals surface area contributed by atoms with Gasteiger partial charge < -0.3 is 4.74 Å². The van der Waals surface area contributed by atoms with Gasteiger partial charge in [-0.15, -0.1) is 0 Å². The molecule has 1 heterocycles. The molecule has 0 aromatic heterocycles. The van der Waals surface area contributed by atoms with Crippen molar-refractivity contribution >= 4 is 0 Å². The van der Waals surface area contributed by atoms with E-state index in [9.17, 15) is 0 Å². The van der Waals surface area contributed by atoms with Crippen molar-refractivity contribution in [1.29, 1.82) is 0 Å².